The predicted molar refractivity (Wildman–Crippen MR) is 56.3 cm³/mol. The highest BCUT2D eigenvalue weighted by atomic mass is 16.4. The molecule has 0 aliphatic carbocycles. The summed E-state index contributed by atoms with van der Waals surface area (Å²) in [6, 6.07) is 1.97. The molecule has 0 radical (unpaired) electrons. The highest BCUT2D eigenvalue weighted by Gasteiger charge is 2.41. The van der Waals surface area contributed by atoms with E-state index in [1.165, 1.54) is 0 Å². The van der Waals surface area contributed by atoms with E-state index in [1.807, 2.05) is 6.07 Å². The Balaban J connectivity index is 2.47. The van der Waals surface area contributed by atoms with Gasteiger partial charge in [0.15, 0.2) is 5.41 Å². The summed E-state index contributed by atoms with van der Waals surface area (Å²) in [5, 5.41) is 17.9. The van der Waals surface area contributed by atoms with Crippen LogP contribution in [0.5, 0.6) is 0 Å². The molecule has 4 nitrogen and oxygen atoms in total. The van der Waals surface area contributed by atoms with Gasteiger partial charge in [-0.3, -0.25) is 4.79 Å². The fourth-order valence-electron chi connectivity index (χ4n) is 1.91. The summed E-state index contributed by atoms with van der Waals surface area (Å²) in [7, 11) is 0. The minimum atomic E-state index is -1.12. The van der Waals surface area contributed by atoms with Crippen LogP contribution >= 0.6 is 0 Å². The maximum atomic E-state index is 11.0. The molecule has 0 saturated carbocycles. The van der Waals surface area contributed by atoms with Gasteiger partial charge in [-0.05, 0) is 25.8 Å². The van der Waals surface area contributed by atoms with E-state index in [-0.39, 0.29) is 0 Å². The van der Waals surface area contributed by atoms with Crippen LogP contribution in [0.15, 0.2) is 0 Å². The molecule has 15 heavy (non-hydrogen) atoms. The van der Waals surface area contributed by atoms with Crippen molar-refractivity contribution in [2.75, 3.05) is 19.6 Å². The van der Waals surface area contributed by atoms with E-state index in [9.17, 15) is 4.79 Å². The van der Waals surface area contributed by atoms with E-state index in [4.69, 9.17) is 10.4 Å². The number of nitriles is 1. The zero-order valence-electron chi connectivity index (χ0n) is 9.20. The molecule has 1 aliphatic heterocycles. The fraction of sp³-hybridized carbons (Fsp3) is 0.818. The SMILES string of the molecule is CCCCN1CCC(C#N)(C(=O)O)CC1. The van der Waals surface area contributed by atoms with Crippen LogP contribution in [0.4, 0.5) is 0 Å². The van der Waals surface area contributed by atoms with Crippen LogP contribution < -0.4 is 0 Å². The van der Waals surface area contributed by atoms with Crippen LogP contribution in [0.1, 0.15) is 32.6 Å². The van der Waals surface area contributed by atoms with Crippen LogP contribution in [0.3, 0.4) is 0 Å². The highest BCUT2D eigenvalue weighted by molar-refractivity contribution is 5.78. The van der Waals surface area contributed by atoms with Gasteiger partial charge in [0.2, 0.25) is 0 Å². The molecule has 1 N–H and O–H groups in total. The van der Waals surface area contributed by atoms with Crippen molar-refractivity contribution in [3.63, 3.8) is 0 Å². The monoisotopic (exact) mass is 210 g/mol. The number of unbranched alkanes of at least 4 members (excludes halogenated alkanes) is 1. The fourth-order valence-corrected chi connectivity index (χ4v) is 1.91. The predicted octanol–water partition coefficient (Wildman–Crippen LogP) is 1.48. The number of rotatable bonds is 4. The van der Waals surface area contributed by atoms with E-state index >= 15 is 0 Å². The molecule has 84 valence electrons. The number of carboxylic acid groups (broad SMARTS) is 1. The molecule has 0 bridgehead atoms. The van der Waals surface area contributed by atoms with Gasteiger partial charge in [-0.1, -0.05) is 13.3 Å². The van der Waals surface area contributed by atoms with Gasteiger partial charge in [0.05, 0.1) is 6.07 Å². The average molecular weight is 210 g/mol. The summed E-state index contributed by atoms with van der Waals surface area (Å²) in [5.41, 5.74) is -1.12. The number of nitrogens with zero attached hydrogens (tertiary/aromatic N) is 2. The largest absolute Gasteiger partial charge is 0.480 e. The molecule has 0 atom stereocenters. The first-order valence-electron chi connectivity index (χ1n) is 5.51. The molecule has 0 unspecified atom stereocenters. The normalized spacial score (nSPS) is 20.8. The summed E-state index contributed by atoms with van der Waals surface area (Å²) in [6.45, 7) is 4.64. The summed E-state index contributed by atoms with van der Waals surface area (Å²) in [5.74, 6) is -0.958. The minimum Gasteiger partial charge on any atom is -0.480 e. The van der Waals surface area contributed by atoms with E-state index in [1.54, 1.807) is 0 Å². The Morgan fingerprint density at radius 2 is 2.13 bits per heavy atom. The first-order valence-corrected chi connectivity index (χ1v) is 5.51. The molecule has 0 aromatic heterocycles. The number of piperidine rings is 1. The van der Waals surface area contributed by atoms with Gasteiger partial charge in [-0.2, -0.15) is 5.26 Å². The zero-order chi connectivity index (χ0) is 11.3. The molecule has 1 aliphatic rings. The van der Waals surface area contributed by atoms with Crippen molar-refractivity contribution in [3.8, 4) is 6.07 Å². The van der Waals surface area contributed by atoms with Crippen molar-refractivity contribution >= 4 is 5.97 Å². The lowest BCUT2D eigenvalue weighted by Gasteiger charge is -2.34. The lowest BCUT2D eigenvalue weighted by atomic mass is 9.80. The van der Waals surface area contributed by atoms with Crippen molar-refractivity contribution in [2.24, 2.45) is 5.41 Å². The van der Waals surface area contributed by atoms with Gasteiger partial charge in [0, 0.05) is 13.1 Å². The van der Waals surface area contributed by atoms with E-state index < -0.39 is 11.4 Å². The lowest BCUT2D eigenvalue weighted by Crippen LogP contribution is -2.43. The summed E-state index contributed by atoms with van der Waals surface area (Å²) in [4.78, 5) is 13.2. The second-order valence-corrected chi connectivity index (χ2v) is 4.19. The van der Waals surface area contributed by atoms with E-state index in [0.717, 1.165) is 32.5 Å². The van der Waals surface area contributed by atoms with Crippen LogP contribution in [0.25, 0.3) is 0 Å². The van der Waals surface area contributed by atoms with Crippen molar-refractivity contribution in [2.45, 2.75) is 32.6 Å². The van der Waals surface area contributed by atoms with Gasteiger partial charge >= 0.3 is 5.97 Å². The third-order valence-corrected chi connectivity index (χ3v) is 3.16. The van der Waals surface area contributed by atoms with E-state index in [2.05, 4.69) is 11.8 Å². The van der Waals surface area contributed by atoms with Gasteiger partial charge in [-0.15, -0.1) is 0 Å². The molecule has 0 spiro atoms. The van der Waals surface area contributed by atoms with Crippen molar-refractivity contribution in [3.05, 3.63) is 0 Å². The van der Waals surface area contributed by atoms with Gasteiger partial charge in [0.25, 0.3) is 0 Å². The Morgan fingerprint density at radius 3 is 2.53 bits per heavy atom. The standard InChI is InChI=1S/C11H18N2O2/c1-2-3-6-13-7-4-11(9-12,5-8-13)10(14)15/h2-8H2,1H3,(H,14,15). The Labute approximate surface area is 90.5 Å². The number of likely N-dealkylation sites (tertiary alicyclic amines) is 1. The third-order valence-electron chi connectivity index (χ3n) is 3.16. The summed E-state index contributed by atoms with van der Waals surface area (Å²) in [6.07, 6.45) is 3.22. The summed E-state index contributed by atoms with van der Waals surface area (Å²) >= 11 is 0. The Bertz CT molecular complexity index is 262. The Hall–Kier alpha value is -1.08. The third kappa shape index (κ3) is 2.69. The number of aliphatic carboxylic acids is 1. The second kappa shape index (κ2) is 5.13. The Kier molecular flexibility index (Phi) is 4.10. The van der Waals surface area contributed by atoms with E-state index in [0.29, 0.717) is 12.8 Å². The number of carbonyl (C=O) groups is 1. The van der Waals surface area contributed by atoms with Gasteiger partial charge in [0.1, 0.15) is 0 Å². The minimum absolute atomic E-state index is 0.461. The number of hydrogen-bond donors (Lipinski definition) is 1. The molecule has 1 saturated heterocycles. The maximum Gasteiger partial charge on any atom is 0.324 e. The number of hydrogen-bond acceptors (Lipinski definition) is 3. The molecule has 0 aromatic carbocycles. The number of carboxylic acids is 1. The molecule has 4 heteroatoms. The zero-order valence-corrected chi connectivity index (χ0v) is 9.20. The van der Waals surface area contributed by atoms with Crippen LogP contribution in [-0.4, -0.2) is 35.6 Å². The van der Waals surface area contributed by atoms with Crippen molar-refractivity contribution in [1.29, 1.82) is 5.26 Å². The quantitative estimate of drug-likeness (QED) is 0.763. The highest BCUT2D eigenvalue weighted by Crippen LogP contribution is 2.30. The molecule has 0 aromatic rings. The second-order valence-electron chi connectivity index (χ2n) is 4.19. The molecule has 1 rings (SSSR count). The Morgan fingerprint density at radius 1 is 1.53 bits per heavy atom. The van der Waals surface area contributed by atoms with Crippen LogP contribution in [0.2, 0.25) is 0 Å². The van der Waals surface area contributed by atoms with Gasteiger partial charge in [-0.25, -0.2) is 0 Å². The van der Waals surface area contributed by atoms with Crippen LogP contribution in [-0.2, 0) is 4.79 Å². The molecule has 1 fully saturated rings. The first-order chi connectivity index (χ1) is 7.14. The van der Waals surface area contributed by atoms with Crippen molar-refractivity contribution < 1.29 is 9.90 Å². The van der Waals surface area contributed by atoms with Crippen molar-refractivity contribution in [1.82, 2.24) is 4.90 Å². The molecule has 1 heterocycles. The van der Waals surface area contributed by atoms with Crippen LogP contribution in [0, 0.1) is 16.7 Å². The molecular weight excluding hydrogens is 192 g/mol. The summed E-state index contributed by atoms with van der Waals surface area (Å²) < 4.78 is 0. The van der Waals surface area contributed by atoms with Gasteiger partial charge < -0.3 is 10.0 Å². The lowest BCUT2D eigenvalue weighted by molar-refractivity contribution is -0.147. The maximum absolute atomic E-state index is 11.0. The smallest absolute Gasteiger partial charge is 0.324 e. The topological polar surface area (TPSA) is 64.3 Å². The average Bonchev–Trinajstić information content (AvgIpc) is 2.27. The molecule has 0 amide bonds. The first kappa shape index (κ1) is 12.0. The molecular formula is C11H18N2O2.